The van der Waals surface area contributed by atoms with Crippen molar-refractivity contribution in [2.24, 2.45) is 0 Å². The van der Waals surface area contributed by atoms with Gasteiger partial charge in [0.15, 0.2) is 0 Å². The average Bonchev–Trinajstić information content (AvgIpc) is 2.28. The van der Waals surface area contributed by atoms with Crippen LogP contribution in [0, 0.1) is 0 Å². The second-order valence-corrected chi connectivity index (χ2v) is 4.09. The first-order valence-electron chi connectivity index (χ1n) is 5.64. The van der Waals surface area contributed by atoms with E-state index in [-0.39, 0.29) is 11.5 Å². The Kier molecular flexibility index (Phi) is 3.32. The fourth-order valence-electron chi connectivity index (χ4n) is 1.87. The van der Waals surface area contributed by atoms with Gasteiger partial charge in [-0.1, -0.05) is 18.2 Å². The molecule has 4 heteroatoms. The van der Waals surface area contributed by atoms with Gasteiger partial charge in [0.05, 0.1) is 11.2 Å². The first-order chi connectivity index (χ1) is 8.16. The number of nitrogens with one attached hydrogen (secondary N) is 1. The minimum Gasteiger partial charge on any atom is -0.305 e. The van der Waals surface area contributed by atoms with Crippen LogP contribution in [0.25, 0.3) is 10.9 Å². The number of hydrogen-bond donors (Lipinski definition) is 1. The van der Waals surface area contributed by atoms with Crippen molar-refractivity contribution in [3.63, 3.8) is 0 Å². The molecule has 0 bridgehead atoms. The van der Waals surface area contributed by atoms with Gasteiger partial charge in [-0.2, -0.15) is 4.98 Å². The summed E-state index contributed by atoms with van der Waals surface area (Å²) in [5, 5.41) is 0.954. The van der Waals surface area contributed by atoms with Crippen molar-refractivity contribution in [1.82, 2.24) is 9.97 Å². The molecule has 1 N–H and O–H groups in total. The molecule has 4 nitrogen and oxygen atoms in total. The fraction of sp³-hybridized carbons (Fsp3) is 0.308. The molecule has 17 heavy (non-hydrogen) atoms. The number of carbonyl (C=O) groups excluding carboxylic acids is 1. The highest BCUT2D eigenvalue weighted by molar-refractivity contribution is 5.80. The summed E-state index contributed by atoms with van der Waals surface area (Å²) < 4.78 is 0. The number of Topliss-reactive ketones (excluding diaryl/α,β-unsaturated/α-hetero) is 1. The molecule has 1 heterocycles. The Morgan fingerprint density at radius 1 is 1.35 bits per heavy atom. The number of ketones is 1. The highest BCUT2D eigenvalue weighted by Crippen LogP contribution is 2.14. The van der Waals surface area contributed by atoms with Gasteiger partial charge in [-0.05, 0) is 25.8 Å². The summed E-state index contributed by atoms with van der Waals surface area (Å²) in [4.78, 5) is 28.9. The predicted octanol–water partition coefficient (Wildman–Crippen LogP) is 1.83. The molecule has 0 saturated heterocycles. The van der Waals surface area contributed by atoms with Gasteiger partial charge in [-0.3, -0.25) is 0 Å². The number of nitrogens with zero attached hydrogens (tertiary/aromatic N) is 1. The molecule has 0 spiro atoms. The van der Waals surface area contributed by atoms with Crippen molar-refractivity contribution in [1.29, 1.82) is 0 Å². The van der Waals surface area contributed by atoms with Crippen LogP contribution in [0.5, 0.6) is 0 Å². The quantitative estimate of drug-likeness (QED) is 0.871. The maximum absolute atomic E-state index is 11.4. The van der Waals surface area contributed by atoms with Gasteiger partial charge >= 0.3 is 5.69 Å². The summed E-state index contributed by atoms with van der Waals surface area (Å²) >= 11 is 0. The minimum absolute atomic E-state index is 0.166. The normalized spacial score (nSPS) is 10.6. The van der Waals surface area contributed by atoms with Crippen LogP contribution in [-0.4, -0.2) is 15.8 Å². The maximum Gasteiger partial charge on any atom is 0.345 e. The van der Waals surface area contributed by atoms with Crippen molar-refractivity contribution in [3.05, 3.63) is 40.4 Å². The number of benzene rings is 1. The third-order valence-electron chi connectivity index (χ3n) is 2.66. The fourth-order valence-corrected chi connectivity index (χ4v) is 1.87. The van der Waals surface area contributed by atoms with E-state index in [1.54, 1.807) is 6.92 Å². The van der Waals surface area contributed by atoms with Gasteiger partial charge in [0.25, 0.3) is 0 Å². The summed E-state index contributed by atoms with van der Waals surface area (Å²) in [5.74, 6) is 0.166. The molecule has 0 amide bonds. The molecule has 0 fully saturated rings. The van der Waals surface area contributed by atoms with Crippen LogP contribution in [-0.2, 0) is 11.2 Å². The monoisotopic (exact) mass is 230 g/mol. The lowest BCUT2D eigenvalue weighted by Crippen LogP contribution is -2.13. The predicted molar refractivity (Wildman–Crippen MR) is 66.0 cm³/mol. The molecule has 88 valence electrons. The van der Waals surface area contributed by atoms with Gasteiger partial charge in [0, 0.05) is 11.8 Å². The number of aryl methyl sites for hydroxylation is 1. The van der Waals surface area contributed by atoms with Crippen LogP contribution in [0.3, 0.4) is 0 Å². The minimum atomic E-state index is -0.332. The van der Waals surface area contributed by atoms with Crippen LogP contribution in [0.2, 0.25) is 0 Å². The Labute approximate surface area is 98.7 Å². The number of carbonyl (C=O) groups is 1. The van der Waals surface area contributed by atoms with Crippen molar-refractivity contribution in [2.45, 2.75) is 26.2 Å². The number of rotatable bonds is 4. The Balaban J connectivity index is 2.32. The van der Waals surface area contributed by atoms with Crippen molar-refractivity contribution in [3.8, 4) is 0 Å². The standard InChI is InChI=1S/C13H14N2O2/c1-9(16)5-4-8-12-10-6-2-3-7-11(10)14-13(17)15-12/h2-3,6-7H,4-5,8H2,1H3,(H,14,15,17). The van der Waals surface area contributed by atoms with Gasteiger partial charge in [-0.25, -0.2) is 4.79 Å². The molecule has 1 aromatic carbocycles. The van der Waals surface area contributed by atoms with Crippen molar-refractivity contribution in [2.75, 3.05) is 0 Å². The van der Waals surface area contributed by atoms with E-state index in [9.17, 15) is 9.59 Å². The van der Waals surface area contributed by atoms with Gasteiger partial charge in [-0.15, -0.1) is 0 Å². The van der Waals surface area contributed by atoms with E-state index in [1.807, 2.05) is 24.3 Å². The van der Waals surface area contributed by atoms with Crippen LogP contribution in [0.1, 0.15) is 25.5 Å². The Morgan fingerprint density at radius 2 is 2.12 bits per heavy atom. The lowest BCUT2D eigenvalue weighted by atomic mass is 10.1. The third-order valence-corrected chi connectivity index (χ3v) is 2.66. The first kappa shape index (κ1) is 11.5. The molecule has 1 aromatic heterocycles. The van der Waals surface area contributed by atoms with Crippen LogP contribution < -0.4 is 5.69 Å². The summed E-state index contributed by atoms with van der Waals surface area (Å²) in [5.41, 5.74) is 1.23. The largest absolute Gasteiger partial charge is 0.345 e. The van der Waals surface area contributed by atoms with E-state index in [0.29, 0.717) is 12.8 Å². The molecule has 0 atom stereocenters. The van der Waals surface area contributed by atoms with E-state index in [2.05, 4.69) is 9.97 Å². The number of fused-ring (bicyclic) bond motifs is 1. The maximum atomic E-state index is 11.4. The van der Waals surface area contributed by atoms with E-state index in [4.69, 9.17) is 0 Å². The number of hydrogen-bond acceptors (Lipinski definition) is 3. The number of H-pyrrole nitrogens is 1. The number of aromatic amines is 1. The van der Waals surface area contributed by atoms with E-state index < -0.39 is 0 Å². The zero-order chi connectivity index (χ0) is 12.3. The lowest BCUT2D eigenvalue weighted by molar-refractivity contribution is -0.117. The Morgan fingerprint density at radius 3 is 2.88 bits per heavy atom. The van der Waals surface area contributed by atoms with Gasteiger partial charge in [0.1, 0.15) is 5.78 Å². The second kappa shape index (κ2) is 4.91. The molecular weight excluding hydrogens is 216 g/mol. The molecule has 0 radical (unpaired) electrons. The molecule has 0 aliphatic rings. The van der Waals surface area contributed by atoms with E-state index in [1.165, 1.54) is 0 Å². The average molecular weight is 230 g/mol. The molecule has 2 rings (SSSR count). The summed E-state index contributed by atoms with van der Waals surface area (Å²) in [6, 6.07) is 7.57. The molecular formula is C13H14N2O2. The topological polar surface area (TPSA) is 62.8 Å². The Bertz CT molecular complexity index is 602. The molecule has 0 saturated carbocycles. The van der Waals surface area contributed by atoms with Crippen molar-refractivity contribution >= 4 is 16.7 Å². The summed E-state index contributed by atoms with van der Waals surface area (Å²) in [6.07, 6.45) is 1.92. The van der Waals surface area contributed by atoms with E-state index >= 15 is 0 Å². The highest BCUT2D eigenvalue weighted by Gasteiger charge is 2.04. The SMILES string of the molecule is CC(=O)CCCc1nc(=O)[nH]c2ccccc12. The zero-order valence-electron chi connectivity index (χ0n) is 9.69. The number of aromatic nitrogens is 2. The third kappa shape index (κ3) is 2.78. The smallest absolute Gasteiger partial charge is 0.305 e. The van der Waals surface area contributed by atoms with Crippen LogP contribution in [0.4, 0.5) is 0 Å². The number of para-hydroxylation sites is 1. The lowest BCUT2D eigenvalue weighted by Gasteiger charge is -2.03. The van der Waals surface area contributed by atoms with Gasteiger partial charge < -0.3 is 9.78 Å². The molecule has 0 unspecified atom stereocenters. The van der Waals surface area contributed by atoms with Gasteiger partial charge in [0.2, 0.25) is 0 Å². The Hall–Kier alpha value is -1.97. The first-order valence-corrected chi connectivity index (χ1v) is 5.64. The molecule has 2 aromatic rings. The van der Waals surface area contributed by atoms with Crippen molar-refractivity contribution < 1.29 is 4.79 Å². The molecule has 0 aliphatic carbocycles. The molecule has 0 aliphatic heterocycles. The van der Waals surface area contributed by atoms with Crippen LogP contribution >= 0.6 is 0 Å². The van der Waals surface area contributed by atoms with E-state index in [0.717, 1.165) is 23.0 Å². The zero-order valence-corrected chi connectivity index (χ0v) is 9.69. The summed E-state index contributed by atoms with van der Waals surface area (Å²) in [6.45, 7) is 1.57. The highest BCUT2D eigenvalue weighted by atomic mass is 16.1. The second-order valence-electron chi connectivity index (χ2n) is 4.09. The van der Waals surface area contributed by atoms with Crippen LogP contribution in [0.15, 0.2) is 29.1 Å². The summed E-state index contributed by atoms with van der Waals surface area (Å²) in [7, 11) is 0.